The molecule has 2 N–H and O–H groups in total. The number of fused-ring (bicyclic) bond motifs is 1. The second-order valence-corrected chi connectivity index (χ2v) is 10.9. The number of hydrogen-bond donors (Lipinski definition) is 2. The Bertz CT molecular complexity index is 1360. The summed E-state index contributed by atoms with van der Waals surface area (Å²) in [7, 11) is 0. The topological polar surface area (TPSA) is 89.1 Å². The average molecular weight is 514 g/mol. The molecule has 1 aliphatic heterocycles. The zero-order chi connectivity index (χ0) is 26.7. The van der Waals surface area contributed by atoms with Gasteiger partial charge in [-0.05, 0) is 64.4 Å². The molecule has 9 nitrogen and oxygen atoms in total. The molecule has 0 radical (unpaired) electrons. The summed E-state index contributed by atoms with van der Waals surface area (Å²) in [4.78, 5) is 28.9. The molecule has 0 amide bonds. The Morgan fingerprint density at radius 3 is 2.47 bits per heavy atom. The lowest BCUT2D eigenvalue weighted by atomic mass is 10.0. The average Bonchev–Trinajstić information content (AvgIpc) is 3.31. The van der Waals surface area contributed by atoms with E-state index < -0.39 is 0 Å². The maximum atomic E-state index is 4.73. The monoisotopic (exact) mass is 513 g/mol. The molecule has 1 aromatic carbocycles. The van der Waals surface area contributed by atoms with Gasteiger partial charge in [0.2, 0.25) is 5.95 Å². The number of aromatic amines is 1. The Kier molecular flexibility index (Phi) is 7.58. The van der Waals surface area contributed by atoms with Gasteiger partial charge in [0.25, 0.3) is 0 Å². The summed E-state index contributed by atoms with van der Waals surface area (Å²) in [6, 6.07) is 12.4. The minimum atomic E-state index is 0.232. The molecule has 5 rings (SSSR count). The first-order valence-electron chi connectivity index (χ1n) is 13.6. The van der Waals surface area contributed by atoms with Crippen LogP contribution >= 0.6 is 0 Å². The number of nitrogens with zero attached hydrogens (tertiary/aromatic N) is 7. The van der Waals surface area contributed by atoms with E-state index in [2.05, 4.69) is 98.8 Å². The minimum absolute atomic E-state index is 0.232. The molecule has 1 aliphatic rings. The molecule has 0 atom stereocenters. The molecule has 1 fully saturated rings. The molecule has 9 heteroatoms. The molecular weight excluding hydrogens is 474 g/mol. The Morgan fingerprint density at radius 1 is 0.947 bits per heavy atom. The van der Waals surface area contributed by atoms with Crippen LogP contribution in [0.5, 0.6) is 0 Å². The highest BCUT2D eigenvalue weighted by Gasteiger charge is 2.25. The van der Waals surface area contributed by atoms with Crippen molar-refractivity contribution in [3.8, 4) is 11.3 Å². The van der Waals surface area contributed by atoms with Crippen LogP contribution in [-0.2, 0) is 6.54 Å². The van der Waals surface area contributed by atoms with Gasteiger partial charge in [-0.25, -0.2) is 19.9 Å². The lowest BCUT2D eigenvalue weighted by molar-refractivity contribution is 0.0591. The van der Waals surface area contributed by atoms with Crippen LogP contribution in [0.3, 0.4) is 0 Å². The zero-order valence-electron chi connectivity index (χ0n) is 23.2. The summed E-state index contributed by atoms with van der Waals surface area (Å²) < 4.78 is 0. The first-order valence-corrected chi connectivity index (χ1v) is 13.6. The third-order valence-electron chi connectivity index (χ3n) is 7.32. The summed E-state index contributed by atoms with van der Waals surface area (Å²) in [6.45, 7) is 18.3. The molecule has 0 unspecified atom stereocenters. The summed E-state index contributed by atoms with van der Waals surface area (Å²) in [5.41, 5.74) is 5.23. The number of pyridine rings is 1. The Hall–Kier alpha value is -3.56. The Morgan fingerprint density at radius 2 is 1.74 bits per heavy atom. The second-order valence-electron chi connectivity index (χ2n) is 10.9. The number of nitrogens with one attached hydrogen (secondary N) is 2. The fourth-order valence-electron chi connectivity index (χ4n) is 5.05. The van der Waals surface area contributed by atoms with Crippen LogP contribution in [0.2, 0.25) is 0 Å². The van der Waals surface area contributed by atoms with Gasteiger partial charge in [0.1, 0.15) is 18.0 Å². The highest BCUT2D eigenvalue weighted by atomic mass is 15.3. The number of hydrogen-bond acceptors (Lipinski definition) is 8. The number of piperazine rings is 1. The minimum Gasteiger partial charge on any atom is -0.357 e. The van der Waals surface area contributed by atoms with E-state index in [1.807, 2.05) is 18.3 Å². The molecule has 0 spiro atoms. The van der Waals surface area contributed by atoms with Gasteiger partial charge in [0.05, 0.1) is 16.7 Å². The van der Waals surface area contributed by atoms with Gasteiger partial charge in [-0.15, -0.1) is 0 Å². The fourth-order valence-corrected chi connectivity index (χ4v) is 5.05. The Balaban J connectivity index is 1.27. The van der Waals surface area contributed by atoms with Crippen LogP contribution in [0, 0.1) is 0 Å². The van der Waals surface area contributed by atoms with Crippen molar-refractivity contribution < 1.29 is 0 Å². The number of anilines is 3. The van der Waals surface area contributed by atoms with Crippen LogP contribution in [0.4, 0.5) is 17.6 Å². The van der Waals surface area contributed by atoms with Crippen molar-refractivity contribution in [2.45, 2.75) is 46.7 Å². The first kappa shape index (κ1) is 26.1. The van der Waals surface area contributed by atoms with Gasteiger partial charge in [-0.1, -0.05) is 6.07 Å². The molecule has 1 saturated heterocycles. The van der Waals surface area contributed by atoms with Gasteiger partial charge >= 0.3 is 0 Å². The third-order valence-corrected chi connectivity index (χ3v) is 7.32. The maximum Gasteiger partial charge on any atom is 0.206 e. The van der Waals surface area contributed by atoms with E-state index >= 15 is 0 Å². The quantitative estimate of drug-likeness (QED) is 0.343. The molecule has 0 saturated carbocycles. The summed E-state index contributed by atoms with van der Waals surface area (Å²) in [5.74, 6) is 2.40. The standard InChI is InChI=1S/C29H39N9/c1-6-37(7-2)27-18-24(31-20-32-27)22-8-9-23-25(17-22)34-28(33-23)35-26-16-21(10-11-30-26)19-36-12-14-38(15-13-36)29(3,4)5/h8-11,16-18,20H,6-7,12-15,19H2,1-5H3,(H2,30,33,34,35). The van der Waals surface area contributed by atoms with Gasteiger partial charge in [0, 0.05) is 69.2 Å². The fraction of sp³-hybridized carbons (Fsp3) is 0.448. The van der Waals surface area contributed by atoms with Crippen molar-refractivity contribution in [2.24, 2.45) is 0 Å². The van der Waals surface area contributed by atoms with Crippen molar-refractivity contribution >= 4 is 28.6 Å². The summed E-state index contributed by atoms with van der Waals surface area (Å²) >= 11 is 0. The highest BCUT2D eigenvalue weighted by Crippen LogP contribution is 2.26. The van der Waals surface area contributed by atoms with E-state index in [0.29, 0.717) is 5.95 Å². The lowest BCUT2D eigenvalue weighted by Gasteiger charge is -2.42. The molecule has 38 heavy (non-hydrogen) atoms. The van der Waals surface area contributed by atoms with Gasteiger partial charge in [-0.3, -0.25) is 9.80 Å². The largest absolute Gasteiger partial charge is 0.357 e. The van der Waals surface area contributed by atoms with E-state index in [1.54, 1.807) is 6.33 Å². The van der Waals surface area contributed by atoms with E-state index in [9.17, 15) is 0 Å². The molecule has 4 aromatic rings. The first-order chi connectivity index (χ1) is 18.3. The molecule has 0 bridgehead atoms. The molecule has 3 aromatic heterocycles. The Labute approximate surface area is 225 Å². The number of H-pyrrole nitrogens is 1. The van der Waals surface area contributed by atoms with Gasteiger partial charge < -0.3 is 15.2 Å². The van der Waals surface area contributed by atoms with Crippen molar-refractivity contribution in [3.63, 3.8) is 0 Å². The van der Waals surface area contributed by atoms with Crippen molar-refractivity contribution in [2.75, 3.05) is 49.5 Å². The van der Waals surface area contributed by atoms with Gasteiger partial charge in [-0.2, -0.15) is 0 Å². The molecule has 200 valence electrons. The normalized spacial score (nSPS) is 15.2. The molecule has 4 heterocycles. The van der Waals surface area contributed by atoms with E-state index in [4.69, 9.17) is 4.98 Å². The highest BCUT2D eigenvalue weighted by molar-refractivity contribution is 5.83. The lowest BCUT2D eigenvalue weighted by Crippen LogP contribution is -2.53. The van der Waals surface area contributed by atoms with Crippen LogP contribution in [-0.4, -0.2) is 79.5 Å². The zero-order valence-corrected chi connectivity index (χ0v) is 23.2. The van der Waals surface area contributed by atoms with Crippen LogP contribution in [0.25, 0.3) is 22.3 Å². The van der Waals surface area contributed by atoms with Gasteiger partial charge in [0.15, 0.2) is 0 Å². The SMILES string of the molecule is CCN(CC)c1cc(-c2ccc3nc(Nc4cc(CN5CCN(C(C)(C)C)CC5)ccn4)[nH]c3c2)ncn1. The van der Waals surface area contributed by atoms with Crippen molar-refractivity contribution in [1.29, 1.82) is 0 Å². The van der Waals surface area contributed by atoms with Crippen molar-refractivity contribution in [1.82, 2.24) is 34.7 Å². The summed E-state index contributed by atoms with van der Waals surface area (Å²) in [6.07, 6.45) is 3.50. The van der Waals surface area contributed by atoms with E-state index in [0.717, 1.165) is 79.7 Å². The molecule has 0 aliphatic carbocycles. The molecular formula is C29H39N9. The second kappa shape index (κ2) is 11.0. The third kappa shape index (κ3) is 5.95. The number of aromatic nitrogens is 5. The van der Waals surface area contributed by atoms with Crippen molar-refractivity contribution in [3.05, 3.63) is 54.5 Å². The van der Waals surface area contributed by atoms with Crippen LogP contribution < -0.4 is 10.2 Å². The predicted molar refractivity (Wildman–Crippen MR) is 155 cm³/mol. The number of rotatable bonds is 8. The van der Waals surface area contributed by atoms with E-state index in [-0.39, 0.29) is 5.54 Å². The van der Waals surface area contributed by atoms with Crippen LogP contribution in [0.15, 0.2) is 48.9 Å². The maximum absolute atomic E-state index is 4.73. The predicted octanol–water partition coefficient (Wildman–Crippen LogP) is 4.92. The summed E-state index contributed by atoms with van der Waals surface area (Å²) in [5, 5.41) is 3.36. The smallest absolute Gasteiger partial charge is 0.206 e. The number of benzene rings is 1. The number of imidazole rings is 1. The van der Waals surface area contributed by atoms with E-state index in [1.165, 1.54) is 5.56 Å². The van der Waals surface area contributed by atoms with Crippen LogP contribution in [0.1, 0.15) is 40.2 Å².